The molecule has 96 valence electrons. The second-order valence-corrected chi connectivity index (χ2v) is 4.71. The number of benzene rings is 1. The number of hydrogen-bond acceptors (Lipinski definition) is 2. The van der Waals surface area contributed by atoms with Crippen LogP contribution in [0.3, 0.4) is 0 Å². The van der Waals surface area contributed by atoms with Crippen LogP contribution < -0.4 is 5.32 Å². The molecule has 18 heavy (non-hydrogen) atoms. The molecule has 0 spiro atoms. The van der Waals surface area contributed by atoms with Crippen molar-refractivity contribution in [2.45, 2.75) is 12.8 Å². The lowest BCUT2D eigenvalue weighted by molar-refractivity contribution is 0.0810. The Labute approximate surface area is 108 Å². The fraction of sp³-hybridized carbons (Fsp3) is 0.400. The summed E-state index contributed by atoms with van der Waals surface area (Å²) in [5, 5.41) is 3.38. The van der Waals surface area contributed by atoms with Crippen LogP contribution in [0.5, 0.6) is 0 Å². The third kappa shape index (κ3) is 2.79. The first-order chi connectivity index (χ1) is 8.72. The Balaban J connectivity index is 2.22. The van der Waals surface area contributed by atoms with Crippen LogP contribution in [0.1, 0.15) is 21.5 Å². The van der Waals surface area contributed by atoms with E-state index in [1.54, 1.807) is 18.0 Å². The van der Waals surface area contributed by atoms with Crippen LogP contribution in [0.4, 0.5) is 0 Å². The summed E-state index contributed by atoms with van der Waals surface area (Å²) in [7, 11) is 1.80. The van der Waals surface area contributed by atoms with Crippen LogP contribution in [0, 0.1) is 0 Å². The largest absolute Gasteiger partial charge is 0.338 e. The molecular formula is C15H20N2O. The maximum atomic E-state index is 12.2. The first kappa shape index (κ1) is 12.8. The van der Waals surface area contributed by atoms with E-state index >= 15 is 0 Å². The van der Waals surface area contributed by atoms with Crippen LogP contribution in [-0.4, -0.2) is 37.5 Å². The van der Waals surface area contributed by atoms with E-state index < -0.39 is 0 Å². The second kappa shape index (κ2) is 5.83. The van der Waals surface area contributed by atoms with Crippen LogP contribution in [-0.2, 0) is 12.8 Å². The van der Waals surface area contributed by atoms with Crippen LogP contribution >= 0.6 is 0 Å². The van der Waals surface area contributed by atoms with Crippen molar-refractivity contribution in [3.63, 3.8) is 0 Å². The molecule has 1 aromatic carbocycles. The van der Waals surface area contributed by atoms with E-state index in [9.17, 15) is 4.79 Å². The van der Waals surface area contributed by atoms with Gasteiger partial charge in [0.1, 0.15) is 0 Å². The standard InChI is InChI=1S/C15H20N2O/c1-3-10-17(2)15(18)14-5-4-12-6-8-16-9-7-13(12)11-14/h3-5,11,16H,1,6-10H2,2H3. The van der Waals surface area contributed by atoms with Gasteiger partial charge in [-0.15, -0.1) is 6.58 Å². The van der Waals surface area contributed by atoms with Crippen molar-refractivity contribution < 1.29 is 4.79 Å². The molecule has 0 fully saturated rings. The zero-order chi connectivity index (χ0) is 13.0. The van der Waals surface area contributed by atoms with E-state index in [-0.39, 0.29) is 5.91 Å². The Morgan fingerprint density at radius 2 is 2.11 bits per heavy atom. The van der Waals surface area contributed by atoms with Crippen LogP contribution in [0.25, 0.3) is 0 Å². The van der Waals surface area contributed by atoms with Gasteiger partial charge in [0.25, 0.3) is 5.91 Å². The van der Waals surface area contributed by atoms with Crippen molar-refractivity contribution in [1.82, 2.24) is 10.2 Å². The number of fused-ring (bicyclic) bond motifs is 1. The summed E-state index contributed by atoms with van der Waals surface area (Å²) in [4.78, 5) is 13.9. The lowest BCUT2D eigenvalue weighted by Gasteiger charge is -2.16. The summed E-state index contributed by atoms with van der Waals surface area (Å²) in [5.41, 5.74) is 3.45. The van der Waals surface area contributed by atoms with Gasteiger partial charge >= 0.3 is 0 Å². The average Bonchev–Trinajstić information content (AvgIpc) is 2.62. The Morgan fingerprint density at radius 3 is 2.83 bits per heavy atom. The smallest absolute Gasteiger partial charge is 0.253 e. The van der Waals surface area contributed by atoms with E-state index in [0.29, 0.717) is 6.54 Å². The number of rotatable bonds is 3. The van der Waals surface area contributed by atoms with Crippen molar-refractivity contribution in [2.24, 2.45) is 0 Å². The molecular weight excluding hydrogens is 224 g/mol. The summed E-state index contributed by atoms with van der Waals surface area (Å²) in [6.07, 6.45) is 3.79. The monoisotopic (exact) mass is 244 g/mol. The third-order valence-electron chi connectivity index (χ3n) is 3.35. The molecule has 0 saturated heterocycles. The van der Waals surface area contributed by atoms with Gasteiger partial charge in [0, 0.05) is 19.2 Å². The van der Waals surface area contributed by atoms with Gasteiger partial charge in [-0.25, -0.2) is 0 Å². The average molecular weight is 244 g/mol. The molecule has 0 saturated carbocycles. The number of carbonyl (C=O) groups is 1. The zero-order valence-corrected chi connectivity index (χ0v) is 10.9. The van der Waals surface area contributed by atoms with Gasteiger partial charge in [-0.05, 0) is 49.2 Å². The van der Waals surface area contributed by atoms with Gasteiger partial charge in [-0.2, -0.15) is 0 Å². The molecule has 0 bridgehead atoms. The molecule has 1 aliphatic heterocycles. The Kier molecular flexibility index (Phi) is 4.15. The molecule has 1 aliphatic rings. The lowest BCUT2D eigenvalue weighted by atomic mass is 9.99. The maximum Gasteiger partial charge on any atom is 0.253 e. The minimum Gasteiger partial charge on any atom is -0.338 e. The Hall–Kier alpha value is -1.61. The quantitative estimate of drug-likeness (QED) is 0.820. The third-order valence-corrected chi connectivity index (χ3v) is 3.35. The molecule has 0 aromatic heterocycles. The van der Waals surface area contributed by atoms with Crippen LogP contribution in [0.2, 0.25) is 0 Å². The fourth-order valence-electron chi connectivity index (χ4n) is 2.30. The van der Waals surface area contributed by atoms with Crippen LogP contribution in [0.15, 0.2) is 30.9 Å². The molecule has 0 unspecified atom stereocenters. The van der Waals surface area contributed by atoms with Gasteiger partial charge in [-0.3, -0.25) is 4.79 Å². The number of likely N-dealkylation sites (N-methyl/N-ethyl adjacent to an activating group) is 1. The fourth-order valence-corrected chi connectivity index (χ4v) is 2.30. The molecule has 0 radical (unpaired) electrons. The van der Waals surface area contributed by atoms with Crippen molar-refractivity contribution in [1.29, 1.82) is 0 Å². The summed E-state index contributed by atoms with van der Waals surface area (Å²) in [6.45, 7) is 6.26. The summed E-state index contributed by atoms with van der Waals surface area (Å²) < 4.78 is 0. The van der Waals surface area contributed by atoms with Gasteiger partial charge in [0.15, 0.2) is 0 Å². The molecule has 1 N–H and O–H groups in total. The normalized spacial score (nSPS) is 14.5. The molecule has 2 rings (SSSR count). The predicted octanol–water partition coefficient (Wildman–Crippen LogP) is 1.63. The summed E-state index contributed by atoms with van der Waals surface area (Å²) in [6, 6.07) is 6.08. The van der Waals surface area contributed by atoms with E-state index in [1.807, 2.05) is 12.1 Å². The molecule has 1 heterocycles. The van der Waals surface area contributed by atoms with E-state index in [1.165, 1.54) is 11.1 Å². The SMILES string of the molecule is C=CCN(C)C(=O)c1ccc2c(c1)CCNCC2. The second-order valence-electron chi connectivity index (χ2n) is 4.71. The summed E-state index contributed by atoms with van der Waals surface area (Å²) >= 11 is 0. The van der Waals surface area contributed by atoms with Crippen molar-refractivity contribution in [3.8, 4) is 0 Å². The number of nitrogens with zero attached hydrogens (tertiary/aromatic N) is 1. The molecule has 3 nitrogen and oxygen atoms in total. The van der Waals surface area contributed by atoms with Gasteiger partial charge < -0.3 is 10.2 Å². The maximum absolute atomic E-state index is 12.2. The molecule has 3 heteroatoms. The molecule has 0 atom stereocenters. The van der Waals surface area contributed by atoms with Crippen molar-refractivity contribution in [3.05, 3.63) is 47.5 Å². The number of hydrogen-bond donors (Lipinski definition) is 1. The van der Waals surface area contributed by atoms with E-state index in [2.05, 4.69) is 18.0 Å². The van der Waals surface area contributed by atoms with Gasteiger partial charge in [-0.1, -0.05) is 12.1 Å². The highest BCUT2D eigenvalue weighted by atomic mass is 16.2. The van der Waals surface area contributed by atoms with E-state index in [0.717, 1.165) is 31.5 Å². The topological polar surface area (TPSA) is 32.3 Å². The highest BCUT2D eigenvalue weighted by Gasteiger charge is 2.14. The lowest BCUT2D eigenvalue weighted by Crippen LogP contribution is -2.26. The summed E-state index contributed by atoms with van der Waals surface area (Å²) in [5.74, 6) is 0.0647. The number of nitrogens with one attached hydrogen (secondary N) is 1. The van der Waals surface area contributed by atoms with Crippen molar-refractivity contribution in [2.75, 3.05) is 26.7 Å². The molecule has 1 amide bonds. The zero-order valence-electron chi connectivity index (χ0n) is 10.9. The molecule has 0 aliphatic carbocycles. The predicted molar refractivity (Wildman–Crippen MR) is 73.9 cm³/mol. The highest BCUT2D eigenvalue weighted by molar-refractivity contribution is 5.94. The minimum atomic E-state index is 0.0647. The van der Waals surface area contributed by atoms with Gasteiger partial charge in [0.2, 0.25) is 0 Å². The Morgan fingerprint density at radius 1 is 1.39 bits per heavy atom. The van der Waals surface area contributed by atoms with Crippen molar-refractivity contribution >= 4 is 5.91 Å². The number of amides is 1. The van der Waals surface area contributed by atoms with Gasteiger partial charge in [0.05, 0.1) is 0 Å². The first-order valence-corrected chi connectivity index (χ1v) is 6.41. The van der Waals surface area contributed by atoms with E-state index in [4.69, 9.17) is 0 Å². The first-order valence-electron chi connectivity index (χ1n) is 6.41. The minimum absolute atomic E-state index is 0.0647. The highest BCUT2D eigenvalue weighted by Crippen LogP contribution is 2.16. The Bertz CT molecular complexity index is 454. The number of carbonyl (C=O) groups excluding carboxylic acids is 1. The molecule has 1 aromatic rings.